The molecule has 0 aliphatic carbocycles. The van der Waals surface area contributed by atoms with Gasteiger partial charge in [0.1, 0.15) is 29.6 Å². The van der Waals surface area contributed by atoms with Gasteiger partial charge in [-0.2, -0.15) is 0 Å². The van der Waals surface area contributed by atoms with Crippen LogP contribution >= 0.6 is 0 Å². The summed E-state index contributed by atoms with van der Waals surface area (Å²) in [5.74, 6) is -2.28. The maximum Gasteiger partial charge on any atom is 0.249 e. The number of hydrogen-bond donors (Lipinski definition) is 0. The molecule has 188 valence electrons. The number of likely N-dealkylation sites (tertiary alicyclic amines) is 1. The standard InChI is InChI=1S/C29H27N3O5/c1-17-9-14-21(37-17)25-23-24(27(35)30(3)26(23)34)29(2)28(36)31(16-22(33)32(25)29)15-18-10-12-20(13-11-18)19-7-5-4-6-8-19/h4-14,23-25H,15-16H2,1-3H3/t23?,24?,25?,29-/m1/s1. The van der Waals surface area contributed by atoms with Crippen LogP contribution < -0.4 is 0 Å². The quantitative estimate of drug-likeness (QED) is 0.517. The van der Waals surface area contributed by atoms with E-state index in [2.05, 4.69) is 0 Å². The second-order valence-electron chi connectivity index (χ2n) is 10.3. The maximum absolute atomic E-state index is 14.1. The van der Waals surface area contributed by atoms with Crippen LogP contribution in [0.15, 0.2) is 71.1 Å². The average molecular weight is 498 g/mol. The van der Waals surface area contributed by atoms with E-state index in [0.29, 0.717) is 11.5 Å². The Morgan fingerprint density at radius 3 is 2.22 bits per heavy atom. The van der Waals surface area contributed by atoms with E-state index in [4.69, 9.17) is 4.42 Å². The van der Waals surface area contributed by atoms with E-state index in [-0.39, 0.29) is 24.9 Å². The van der Waals surface area contributed by atoms with Crippen molar-refractivity contribution >= 4 is 23.6 Å². The van der Waals surface area contributed by atoms with Gasteiger partial charge in [0.25, 0.3) is 0 Å². The molecule has 1 aromatic heterocycles. The summed E-state index contributed by atoms with van der Waals surface area (Å²) in [6.45, 7) is 3.48. The van der Waals surface area contributed by atoms with Crippen molar-refractivity contribution in [3.63, 3.8) is 0 Å². The zero-order chi connectivity index (χ0) is 26.1. The lowest BCUT2D eigenvalue weighted by Crippen LogP contribution is -2.67. The van der Waals surface area contributed by atoms with Crippen molar-refractivity contribution in [2.75, 3.05) is 13.6 Å². The smallest absolute Gasteiger partial charge is 0.249 e. The normalized spacial score (nSPS) is 27.2. The molecular weight excluding hydrogens is 470 g/mol. The number of piperazine rings is 1. The SMILES string of the molecule is Cc1ccc(C2C3C(=O)N(C)C(=O)C3[C@]3(C)C(=O)N(Cc4ccc(-c5ccccc5)cc4)CC(=O)N23)o1. The van der Waals surface area contributed by atoms with Crippen LogP contribution in [0.4, 0.5) is 0 Å². The highest BCUT2D eigenvalue weighted by Crippen LogP contribution is 2.56. The van der Waals surface area contributed by atoms with E-state index in [0.717, 1.165) is 21.6 Å². The van der Waals surface area contributed by atoms with Gasteiger partial charge in [-0.05, 0) is 42.7 Å². The van der Waals surface area contributed by atoms with Crippen LogP contribution in [0.2, 0.25) is 0 Å². The summed E-state index contributed by atoms with van der Waals surface area (Å²) in [4.78, 5) is 58.2. The summed E-state index contributed by atoms with van der Waals surface area (Å²) in [5.41, 5.74) is 1.52. The third-order valence-electron chi connectivity index (χ3n) is 8.10. The van der Waals surface area contributed by atoms with E-state index in [1.54, 1.807) is 26.0 Å². The lowest BCUT2D eigenvalue weighted by atomic mass is 9.79. The zero-order valence-electron chi connectivity index (χ0n) is 20.9. The molecule has 8 heteroatoms. The van der Waals surface area contributed by atoms with Gasteiger partial charge in [-0.15, -0.1) is 0 Å². The molecule has 4 atom stereocenters. The largest absolute Gasteiger partial charge is 0.464 e. The number of amides is 4. The number of carbonyl (C=O) groups is 4. The molecule has 3 fully saturated rings. The Labute approximate surface area is 214 Å². The minimum absolute atomic E-state index is 0.136. The van der Waals surface area contributed by atoms with E-state index >= 15 is 0 Å². The van der Waals surface area contributed by atoms with Crippen LogP contribution in [0, 0.1) is 18.8 Å². The molecule has 0 spiro atoms. The van der Waals surface area contributed by atoms with Gasteiger partial charge < -0.3 is 14.2 Å². The summed E-state index contributed by atoms with van der Waals surface area (Å²) in [5, 5.41) is 0. The predicted octanol–water partition coefficient (Wildman–Crippen LogP) is 3.17. The lowest BCUT2D eigenvalue weighted by molar-refractivity contribution is -0.168. The molecule has 8 nitrogen and oxygen atoms in total. The van der Waals surface area contributed by atoms with Crippen LogP contribution in [0.25, 0.3) is 11.1 Å². The fourth-order valence-corrected chi connectivity index (χ4v) is 6.32. The number of imide groups is 1. The van der Waals surface area contributed by atoms with Gasteiger partial charge in [0.15, 0.2) is 0 Å². The van der Waals surface area contributed by atoms with Crippen LogP contribution in [0.1, 0.15) is 30.0 Å². The molecule has 6 rings (SSSR count). The molecule has 0 bridgehead atoms. The summed E-state index contributed by atoms with van der Waals surface area (Å²) in [7, 11) is 1.43. The first-order valence-corrected chi connectivity index (χ1v) is 12.4. The van der Waals surface area contributed by atoms with Crippen molar-refractivity contribution in [3.05, 3.63) is 83.8 Å². The number of benzene rings is 2. The number of rotatable bonds is 4. The number of carbonyl (C=O) groups excluding carboxylic acids is 4. The summed E-state index contributed by atoms with van der Waals surface area (Å²) in [6.07, 6.45) is 0. The maximum atomic E-state index is 14.1. The molecule has 4 heterocycles. The highest BCUT2D eigenvalue weighted by atomic mass is 16.3. The molecule has 3 unspecified atom stereocenters. The molecule has 0 saturated carbocycles. The van der Waals surface area contributed by atoms with Crippen LogP contribution in [0.3, 0.4) is 0 Å². The summed E-state index contributed by atoms with van der Waals surface area (Å²) in [6, 6.07) is 20.5. The highest BCUT2D eigenvalue weighted by molar-refractivity contribution is 6.12. The second-order valence-corrected chi connectivity index (χ2v) is 10.3. The number of furan rings is 1. The van der Waals surface area contributed by atoms with Crippen molar-refractivity contribution in [2.45, 2.75) is 32.0 Å². The van der Waals surface area contributed by atoms with Gasteiger partial charge in [-0.3, -0.25) is 24.1 Å². The Morgan fingerprint density at radius 2 is 1.57 bits per heavy atom. The molecular formula is C29H27N3O5. The van der Waals surface area contributed by atoms with Crippen molar-refractivity contribution in [2.24, 2.45) is 11.8 Å². The Kier molecular flexibility index (Phi) is 5.12. The first-order valence-electron chi connectivity index (χ1n) is 12.4. The summed E-state index contributed by atoms with van der Waals surface area (Å²) < 4.78 is 5.84. The fraction of sp³-hybridized carbons (Fsp3) is 0.310. The molecule has 3 aliphatic heterocycles. The zero-order valence-corrected chi connectivity index (χ0v) is 20.9. The van der Waals surface area contributed by atoms with Gasteiger partial charge in [-0.25, -0.2) is 0 Å². The summed E-state index contributed by atoms with van der Waals surface area (Å²) >= 11 is 0. The Balaban J connectivity index is 1.35. The third kappa shape index (κ3) is 3.28. The lowest BCUT2D eigenvalue weighted by Gasteiger charge is -2.46. The molecule has 2 aromatic carbocycles. The predicted molar refractivity (Wildman–Crippen MR) is 133 cm³/mol. The first-order chi connectivity index (χ1) is 17.7. The van der Waals surface area contributed by atoms with Crippen molar-refractivity contribution in [1.82, 2.24) is 14.7 Å². The van der Waals surface area contributed by atoms with Crippen LogP contribution in [-0.4, -0.2) is 57.5 Å². The Bertz CT molecular complexity index is 1430. The molecule has 3 saturated heterocycles. The second kappa shape index (κ2) is 8.16. The monoisotopic (exact) mass is 497 g/mol. The fourth-order valence-electron chi connectivity index (χ4n) is 6.32. The topological polar surface area (TPSA) is 91.1 Å². The third-order valence-corrected chi connectivity index (χ3v) is 8.10. The molecule has 37 heavy (non-hydrogen) atoms. The van der Waals surface area contributed by atoms with E-state index in [1.807, 2.05) is 54.6 Å². The van der Waals surface area contributed by atoms with Gasteiger partial charge >= 0.3 is 0 Å². The van der Waals surface area contributed by atoms with Crippen molar-refractivity contribution < 1.29 is 23.6 Å². The highest BCUT2D eigenvalue weighted by Gasteiger charge is 2.73. The number of nitrogens with zero attached hydrogens (tertiary/aromatic N) is 3. The van der Waals surface area contributed by atoms with E-state index in [1.165, 1.54) is 16.8 Å². The molecule has 3 aliphatic rings. The van der Waals surface area contributed by atoms with E-state index in [9.17, 15) is 19.2 Å². The minimum Gasteiger partial charge on any atom is -0.464 e. The average Bonchev–Trinajstić information content (AvgIpc) is 3.52. The van der Waals surface area contributed by atoms with Crippen LogP contribution in [0.5, 0.6) is 0 Å². The van der Waals surface area contributed by atoms with Gasteiger partial charge in [0, 0.05) is 13.6 Å². The van der Waals surface area contributed by atoms with Gasteiger partial charge in [0.05, 0.1) is 11.8 Å². The minimum atomic E-state index is -1.49. The van der Waals surface area contributed by atoms with E-state index < -0.39 is 35.2 Å². The van der Waals surface area contributed by atoms with Crippen LogP contribution in [-0.2, 0) is 25.7 Å². The van der Waals surface area contributed by atoms with Gasteiger partial charge in [-0.1, -0.05) is 54.6 Å². The Hall–Kier alpha value is -4.20. The number of hydrogen-bond acceptors (Lipinski definition) is 5. The van der Waals surface area contributed by atoms with Crippen molar-refractivity contribution in [3.8, 4) is 11.1 Å². The molecule has 3 aromatic rings. The number of aryl methyl sites for hydroxylation is 1. The molecule has 0 radical (unpaired) electrons. The Morgan fingerprint density at radius 1 is 0.892 bits per heavy atom. The van der Waals surface area contributed by atoms with Gasteiger partial charge in [0.2, 0.25) is 23.6 Å². The molecule has 4 amide bonds. The number of fused-ring (bicyclic) bond motifs is 3. The first kappa shape index (κ1) is 23.2. The molecule has 0 N–H and O–H groups in total. The van der Waals surface area contributed by atoms with Crippen molar-refractivity contribution in [1.29, 1.82) is 0 Å².